The molecule has 0 unspecified atom stereocenters. The second-order valence-electron chi connectivity index (χ2n) is 3.53. The second-order valence-corrected chi connectivity index (χ2v) is 5.95. The average molecular weight is 157 g/mol. The van der Waals surface area contributed by atoms with Crippen LogP contribution in [-0.4, -0.2) is 9.68 Å². The summed E-state index contributed by atoms with van der Waals surface area (Å²) in [7, 11) is -0.600. The van der Waals surface area contributed by atoms with Crippen molar-refractivity contribution in [2.45, 2.75) is 32.7 Å². The number of nitrogens with zero attached hydrogens (tertiary/aromatic N) is 3. The number of hydrogen-bond donors (Lipinski definition) is 0. The molecule has 0 amide bonds. The van der Waals surface area contributed by atoms with E-state index in [0.717, 1.165) is 0 Å². The molecule has 0 atom stereocenters. The Morgan fingerprint density at radius 1 is 1.50 bits per heavy atom. The normalized spacial score (nSPS) is 12.5. The van der Waals surface area contributed by atoms with E-state index in [-0.39, 0.29) is 5.04 Å². The molecule has 0 aliphatic carbocycles. The molecular formula is C6H15N3Si. The summed E-state index contributed by atoms with van der Waals surface area (Å²) in [5.41, 5.74) is 8.10. The van der Waals surface area contributed by atoms with Crippen molar-refractivity contribution < 1.29 is 0 Å². The highest BCUT2D eigenvalue weighted by Gasteiger charge is 2.21. The van der Waals surface area contributed by atoms with Crippen LogP contribution in [0, 0.1) is 5.92 Å². The van der Waals surface area contributed by atoms with Gasteiger partial charge in [-0.15, -0.1) is 4.78 Å². The zero-order chi connectivity index (χ0) is 8.20. The summed E-state index contributed by atoms with van der Waals surface area (Å²) < 4.78 is 3.68. The Morgan fingerprint density at radius 3 is 2.30 bits per heavy atom. The molecule has 0 rings (SSSR count). The van der Waals surface area contributed by atoms with E-state index in [4.69, 9.17) is 5.53 Å². The SMILES string of the molecule is CC(C)C(C)(C)[SiH2]N=[N+]=[N-]. The van der Waals surface area contributed by atoms with Crippen molar-refractivity contribution in [3.8, 4) is 0 Å². The number of hydrogen-bond acceptors (Lipinski definition) is 1. The fourth-order valence-electron chi connectivity index (χ4n) is 0.396. The molecule has 0 N–H and O–H groups in total. The Labute approximate surface area is 64.4 Å². The standard InChI is InChI=1S/C6H15N3Si/c1-5(2)6(3,4)10-9-8-7/h5H,10H2,1-4H3. The van der Waals surface area contributed by atoms with Crippen LogP contribution in [0.5, 0.6) is 0 Å². The Bertz CT molecular complexity index is 147. The van der Waals surface area contributed by atoms with Gasteiger partial charge in [-0.2, -0.15) is 0 Å². The predicted molar refractivity (Wildman–Crippen MR) is 46.6 cm³/mol. The van der Waals surface area contributed by atoms with E-state index in [9.17, 15) is 0 Å². The highest BCUT2D eigenvalue weighted by atomic mass is 28.2. The van der Waals surface area contributed by atoms with Crippen molar-refractivity contribution in [3.05, 3.63) is 10.4 Å². The van der Waals surface area contributed by atoms with Crippen molar-refractivity contribution in [2.24, 2.45) is 10.7 Å². The average Bonchev–Trinajstić information content (AvgIpc) is 1.84. The van der Waals surface area contributed by atoms with E-state index < -0.39 is 9.68 Å². The van der Waals surface area contributed by atoms with Gasteiger partial charge in [-0.25, -0.2) is 0 Å². The highest BCUT2D eigenvalue weighted by Crippen LogP contribution is 2.32. The van der Waals surface area contributed by atoms with Gasteiger partial charge in [-0.05, 0) is 21.4 Å². The predicted octanol–water partition coefficient (Wildman–Crippen LogP) is 2.24. The summed E-state index contributed by atoms with van der Waals surface area (Å²) in [6.07, 6.45) is 0. The molecular weight excluding hydrogens is 142 g/mol. The van der Waals surface area contributed by atoms with Crippen molar-refractivity contribution in [3.63, 3.8) is 0 Å². The second kappa shape index (κ2) is 3.64. The maximum Gasteiger partial charge on any atom is 0.130 e. The third-order valence-corrected chi connectivity index (χ3v) is 4.00. The first-order chi connectivity index (χ1) is 4.50. The Balaban J connectivity index is 3.98. The van der Waals surface area contributed by atoms with E-state index in [1.807, 2.05) is 0 Å². The molecule has 0 saturated carbocycles. The van der Waals surface area contributed by atoms with Crippen LogP contribution in [0.1, 0.15) is 27.7 Å². The fraction of sp³-hybridized carbons (Fsp3) is 1.00. The summed E-state index contributed by atoms with van der Waals surface area (Å²) in [5, 5.41) is 0.270. The first-order valence-corrected chi connectivity index (χ1v) is 4.85. The van der Waals surface area contributed by atoms with Crippen LogP contribution < -0.4 is 0 Å². The maximum absolute atomic E-state index is 8.10. The lowest BCUT2D eigenvalue weighted by Crippen LogP contribution is -2.17. The van der Waals surface area contributed by atoms with Crippen LogP contribution in [0.15, 0.2) is 4.78 Å². The van der Waals surface area contributed by atoms with Crippen molar-refractivity contribution in [1.82, 2.24) is 0 Å². The Morgan fingerprint density at radius 2 is 2.00 bits per heavy atom. The van der Waals surface area contributed by atoms with Crippen molar-refractivity contribution in [2.75, 3.05) is 0 Å². The molecule has 3 nitrogen and oxygen atoms in total. The van der Waals surface area contributed by atoms with Crippen LogP contribution in [0.25, 0.3) is 10.4 Å². The lowest BCUT2D eigenvalue weighted by Gasteiger charge is -2.26. The van der Waals surface area contributed by atoms with Crippen molar-refractivity contribution in [1.29, 1.82) is 0 Å². The minimum atomic E-state index is -0.600. The molecule has 4 heteroatoms. The number of rotatable bonds is 3. The van der Waals surface area contributed by atoms with E-state index in [1.165, 1.54) is 0 Å². The van der Waals surface area contributed by atoms with Gasteiger partial charge in [-0.3, -0.25) is 0 Å². The van der Waals surface area contributed by atoms with Crippen LogP contribution in [0.3, 0.4) is 0 Å². The zero-order valence-corrected chi connectivity index (χ0v) is 8.54. The minimum Gasteiger partial charge on any atom is -0.131 e. The summed E-state index contributed by atoms with van der Waals surface area (Å²) in [6.45, 7) is 8.66. The van der Waals surface area contributed by atoms with Crippen LogP contribution >= 0.6 is 0 Å². The molecule has 0 aliphatic heterocycles. The topological polar surface area (TPSA) is 48.8 Å². The third-order valence-electron chi connectivity index (χ3n) is 2.10. The molecule has 0 spiro atoms. The monoisotopic (exact) mass is 157 g/mol. The minimum absolute atomic E-state index is 0.270. The van der Waals surface area contributed by atoms with Gasteiger partial charge in [0.05, 0.1) is 0 Å². The summed E-state index contributed by atoms with van der Waals surface area (Å²) in [6, 6.07) is 0. The van der Waals surface area contributed by atoms with Crippen molar-refractivity contribution >= 4 is 9.68 Å². The quantitative estimate of drug-likeness (QED) is 0.261. The van der Waals surface area contributed by atoms with Crippen LogP contribution in [0.2, 0.25) is 5.04 Å². The van der Waals surface area contributed by atoms with Gasteiger partial charge in [0.15, 0.2) is 0 Å². The smallest absolute Gasteiger partial charge is 0.130 e. The first-order valence-electron chi connectivity index (χ1n) is 3.51. The molecule has 0 bridgehead atoms. The first kappa shape index (κ1) is 9.53. The molecule has 58 valence electrons. The van der Waals surface area contributed by atoms with Gasteiger partial charge in [0.1, 0.15) is 9.68 Å². The molecule has 0 aromatic carbocycles. The lowest BCUT2D eigenvalue weighted by molar-refractivity contribution is 0.473. The van der Waals surface area contributed by atoms with E-state index in [2.05, 4.69) is 37.4 Å². The molecule has 0 saturated heterocycles. The third kappa shape index (κ3) is 2.89. The van der Waals surface area contributed by atoms with Crippen LogP contribution in [0.4, 0.5) is 0 Å². The number of azide groups is 1. The van der Waals surface area contributed by atoms with Gasteiger partial charge >= 0.3 is 0 Å². The molecule has 0 aromatic heterocycles. The highest BCUT2D eigenvalue weighted by molar-refractivity contribution is 6.37. The molecule has 0 heterocycles. The van der Waals surface area contributed by atoms with Gasteiger partial charge in [0.2, 0.25) is 0 Å². The molecule has 0 radical (unpaired) electrons. The van der Waals surface area contributed by atoms with Gasteiger partial charge in [-0.1, -0.05) is 27.7 Å². The molecule has 0 aliphatic rings. The summed E-state index contributed by atoms with van der Waals surface area (Å²) in [4.78, 5) is 2.79. The lowest BCUT2D eigenvalue weighted by atomic mass is 9.99. The summed E-state index contributed by atoms with van der Waals surface area (Å²) >= 11 is 0. The van der Waals surface area contributed by atoms with E-state index in [1.54, 1.807) is 0 Å². The summed E-state index contributed by atoms with van der Waals surface area (Å²) in [5.74, 6) is 0.615. The van der Waals surface area contributed by atoms with E-state index in [0.29, 0.717) is 5.92 Å². The van der Waals surface area contributed by atoms with Crippen LogP contribution in [-0.2, 0) is 0 Å². The van der Waals surface area contributed by atoms with Gasteiger partial charge < -0.3 is 0 Å². The van der Waals surface area contributed by atoms with E-state index >= 15 is 0 Å². The zero-order valence-electron chi connectivity index (χ0n) is 7.13. The fourth-order valence-corrected chi connectivity index (χ4v) is 1.19. The molecule has 0 aromatic rings. The Hall–Kier alpha value is -0.473. The molecule has 0 fully saturated rings. The van der Waals surface area contributed by atoms with Gasteiger partial charge in [0.25, 0.3) is 0 Å². The Kier molecular flexibility index (Phi) is 3.46. The maximum atomic E-state index is 8.10. The van der Waals surface area contributed by atoms with Gasteiger partial charge in [0, 0.05) is 0 Å². The largest absolute Gasteiger partial charge is 0.131 e. The molecule has 10 heavy (non-hydrogen) atoms.